The minimum Gasteiger partial charge on any atom is -0.465 e. The third-order valence-corrected chi connectivity index (χ3v) is 4.78. The highest BCUT2D eigenvalue weighted by Crippen LogP contribution is 2.21. The number of hydrogen-bond donors (Lipinski definition) is 1. The van der Waals surface area contributed by atoms with E-state index >= 15 is 0 Å². The average molecular weight is 380 g/mol. The molecule has 11 heteroatoms. The van der Waals surface area contributed by atoms with Crippen LogP contribution in [0.5, 0.6) is 0 Å². The number of hydrogen-bond acceptors (Lipinski definition) is 9. The van der Waals surface area contributed by atoms with Crippen LogP contribution in [0, 0.1) is 0 Å². The Labute approximate surface area is 148 Å². The first-order valence-corrected chi connectivity index (χ1v) is 8.72. The fourth-order valence-electron chi connectivity index (χ4n) is 1.86. The molecule has 3 aromatic rings. The SMILES string of the molecule is COC(=O)c1cnc(NC(=O)CCn2nc(-c3cccs3)oc2=O)s1. The molecule has 1 amide bonds. The fraction of sp³-hybridized carbons (Fsp3) is 0.214. The molecule has 0 saturated carbocycles. The van der Waals surface area contributed by atoms with Gasteiger partial charge >= 0.3 is 11.7 Å². The number of anilines is 1. The Kier molecular flexibility index (Phi) is 5.05. The van der Waals surface area contributed by atoms with Crippen LogP contribution in [-0.2, 0) is 16.1 Å². The fourth-order valence-corrected chi connectivity index (χ4v) is 3.26. The van der Waals surface area contributed by atoms with Gasteiger partial charge in [0, 0.05) is 6.42 Å². The molecular weight excluding hydrogens is 368 g/mol. The summed E-state index contributed by atoms with van der Waals surface area (Å²) in [5.74, 6) is -1.28. The molecule has 0 atom stereocenters. The van der Waals surface area contributed by atoms with Crippen molar-refractivity contribution in [2.45, 2.75) is 13.0 Å². The molecule has 9 nitrogen and oxygen atoms in total. The molecule has 3 rings (SSSR count). The lowest BCUT2D eigenvalue weighted by Crippen LogP contribution is -2.20. The van der Waals surface area contributed by atoms with E-state index in [2.05, 4.69) is 20.1 Å². The molecule has 3 aromatic heterocycles. The van der Waals surface area contributed by atoms with E-state index in [-0.39, 0.29) is 34.8 Å². The number of amides is 1. The number of nitrogens with one attached hydrogen (secondary N) is 1. The van der Waals surface area contributed by atoms with Crippen LogP contribution in [0.15, 0.2) is 32.9 Å². The molecule has 1 N–H and O–H groups in total. The van der Waals surface area contributed by atoms with Gasteiger partial charge in [-0.15, -0.1) is 16.4 Å². The molecular formula is C14H12N4O5S2. The Morgan fingerprint density at radius 2 is 2.28 bits per heavy atom. The number of esters is 1. The standard InChI is InChI=1S/C14H12N4O5S2/c1-22-12(20)9-7-15-13(25-9)16-10(19)4-5-18-14(21)23-11(17-18)8-3-2-6-24-8/h2-3,6-7H,4-5H2,1H3,(H,15,16,19). The first-order valence-electron chi connectivity index (χ1n) is 7.02. The summed E-state index contributed by atoms with van der Waals surface area (Å²) in [7, 11) is 1.26. The van der Waals surface area contributed by atoms with Gasteiger partial charge < -0.3 is 14.5 Å². The molecule has 0 aromatic carbocycles. The number of ether oxygens (including phenoxy) is 1. The summed E-state index contributed by atoms with van der Waals surface area (Å²) in [5, 5.41) is 8.74. The summed E-state index contributed by atoms with van der Waals surface area (Å²) < 4.78 is 10.7. The zero-order valence-corrected chi connectivity index (χ0v) is 14.6. The number of aryl methyl sites for hydroxylation is 1. The minimum atomic E-state index is -0.626. The molecule has 0 spiro atoms. The molecule has 0 aliphatic rings. The van der Waals surface area contributed by atoms with Crippen molar-refractivity contribution in [1.29, 1.82) is 0 Å². The zero-order chi connectivity index (χ0) is 17.8. The number of rotatable bonds is 6. The number of nitrogens with zero attached hydrogens (tertiary/aromatic N) is 3. The molecule has 0 aliphatic carbocycles. The summed E-state index contributed by atoms with van der Waals surface area (Å²) in [6, 6.07) is 3.61. The molecule has 130 valence electrons. The number of aromatic nitrogens is 3. The molecule has 0 aliphatic heterocycles. The van der Waals surface area contributed by atoms with Crippen LogP contribution in [0.3, 0.4) is 0 Å². The van der Waals surface area contributed by atoms with Crippen molar-refractivity contribution in [3.05, 3.63) is 39.1 Å². The van der Waals surface area contributed by atoms with Crippen molar-refractivity contribution < 1.29 is 18.7 Å². The third-order valence-electron chi connectivity index (χ3n) is 3.03. The number of carbonyl (C=O) groups excluding carboxylic acids is 2. The lowest BCUT2D eigenvalue weighted by molar-refractivity contribution is -0.116. The second-order valence-electron chi connectivity index (χ2n) is 4.69. The van der Waals surface area contributed by atoms with Crippen molar-refractivity contribution in [2.75, 3.05) is 12.4 Å². The van der Waals surface area contributed by atoms with Gasteiger partial charge in [0.15, 0.2) is 5.13 Å². The van der Waals surface area contributed by atoms with Crippen LogP contribution in [0.1, 0.15) is 16.1 Å². The third kappa shape index (κ3) is 4.00. The van der Waals surface area contributed by atoms with Crippen LogP contribution in [0.2, 0.25) is 0 Å². The van der Waals surface area contributed by atoms with Crippen molar-refractivity contribution >= 4 is 39.7 Å². The smallest absolute Gasteiger partial charge is 0.437 e. The Morgan fingerprint density at radius 3 is 3.00 bits per heavy atom. The lowest BCUT2D eigenvalue weighted by atomic mass is 10.4. The molecule has 0 unspecified atom stereocenters. The molecule has 0 bridgehead atoms. The first kappa shape index (κ1) is 17.0. The topological polar surface area (TPSA) is 116 Å². The summed E-state index contributed by atoms with van der Waals surface area (Å²) in [6.07, 6.45) is 1.32. The summed E-state index contributed by atoms with van der Waals surface area (Å²) >= 11 is 2.40. The van der Waals surface area contributed by atoms with Gasteiger partial charge in [0.25, 0.3) is 5.89 Å². The van der Waals surface area contributed by atoms with Gasteiger partial charge in [0.05, 0.1) is 24.7 Å². The van der Waals surface area contributed by atoms with Crippen LogP contribution < -0.4 is 11.1 Å². The van der Waals surface area contributed by atoms with Gasteiger partial charge in [-0.05, 0) is 11.4 Å². The van der Waals surface area contributed by atoms with E-state index in [1.54, 1.807) is 6.07 Å². The van der Waals surface area contributed by atoms with Gasteiger partial charge in [-0.2, -0.15) is 4.68 Å². The normalized spacial score (nSPS) is 10.6. The van der Waals surface area contributed by atoms with Gasteiger partial charge in [-0.3, -0.25) is 4.79 Å². The summed E-state index contributed by atoms with van der Waals surface area (Å²) in [6.45, 7) is 0.0643. The second kappa shape index (κ2) is 7.40. The Balaban J connectivity index is 1.58. The number of thiophene rings is 1. The van der Waals surface area contributed by atoms with Crippen LogP contribution in [0.4, 0.5) is 5.13 Å². The maximum absolute atomic E-state index is 11.9. The molecule has 0 saturated heterocycles. The zero-order valence-electron chi connectivity index (χ0n) is 12.9. The maximum Gasteiger partial charge on any atom is 0.437 e. The highest BCUT2D eigenvalue weighted by atomic mass is 32.1. The van der Waals surface area contributed by atoms with Crippen molar-refractivity contribution in [3.63, 3.8) is 0 Å². The second-order valence-corrected chi connectivity index (χ2v) is 6.67. The van der Waals surface area contributed by atoms with Crippen molar-refractivity contribution in [1.82, 2.24) is 14.8 Å². The predicted molar refractivity (Wildman–Crippen MR) is 90.8 cm³/mol. The molecule has 0 fully saturated rings. The van der Waals surface area contributed by atoms with E-state index in [0.717, 1.165) is 20.9 Å². The number of methoxy groups -OCH3 is 1. The molecule has 0 radical (unpaired) electrons. The van der Waals surface area contributed by atoms with E-state index < -0.39 is 11.7 Å². The van der Waals surface area contributed by atoms with Crippen LogP contribution in [-0.4, -0.2) is 33.8 Å². The largest absolute Gasteiger partial charge is 0.465 e. The van der Waals surface area contributed by atoms with Gasteiger partial charge in [-0.1, -0.05) is 17.4 Å². The molecule has 25 heavy (non-hydrogen) atoms. The predicted octanol–water partition coefficient (Wildman–Crippen LogP) is 1.84. The Bertz CT molecular complexity index is 941. The van der Waals surface area contributed by atoms with Crippen LogP contribution in [0.25, 0.3) is 10.8 Å². The lowest BCUT2D eigenvalue weighted by Gasteiger charge is -2.00. The van der Waals surface area contributed by atoms with E-state index in [1.807, 2.05) is 11.4 Å². The number of carbonyl (C=O) groups is 2. The van der Waals surface area contributed by atoms with E-state index in [9.17, 15) is 14.4 Å². The van der Waals surface area contributed by atoms with Crippen molar-refractivity contribution in [3.8, 4) is 10.8 Å². The van der Waals surface area contributed by atoms with Gasteiger partial charge in [-0.25, -0.2) is 14.6 Å². The summed E-state index contributed by atoms with van der Waals surface area (Å²) in [4.78, 5) is 40.0. The van der Waals surface area contributed by atoms with Gasteiger partial charge in [0.1, 0.15) is 4.88 Å². The Morgan fingerprint density at radius 1 is 1.44 bits per heavy atom. The summed E-state index contributed by atoms with van der Waals surface area (Å²) in [5.41, 5.74) is 0. The van der Waals surface area contributed by atoms with E-state index in [1.165, 1.54) is 24.6 Å². The maximum atomic E-state index is 11.9. The minimum absolute atomic E-state index is 0.00343. The highest BCUT2D eigenvalue weighted by molar-refractivity contribution is 7.17. The van der Waals surface area contributed by atoms with Crippen molar-refractivity contribution in [2.24, 2.45) is 0 Å². The average Bonchev–Trinajstić information content (AvgIpc) is 3.33. The van der Waals surface area contributed by atoms with Gasteiger partial charge in [0.2, 0.25) is 5.91 Å². The van der Waals surface area contributed by atoms with E-state index in [0.29, 0.717) is 0 Å². The number of thiazole rings is 1. The Hall–Kier alpha value is -2.79. The quantitative estimate of drug-likeness (QED) is 0.649. The monoisotopic (exact) mass is 380 g/mol. The highest BCUT2D eigenvalue weighted by Gasteiger charge is 2.14. The first-order chi connectivity index (χ1) is 12.1. The molecule has 3 heterocycles. The van der Waals surface area contributed by atoms with Crippen LogP contribution >= 0.6 is 22.7 Å². The van der Waals surface area contributed by atoms with E-state index in [4.69, 9.17) is 4.42 Å².